The Hall–Kier alpha value is -5.21. The summed E-state index contributed by atoms with van der Waals surface area (Å²) >= 11 is 1.64. The monoisotopic (exact) mass is 934 g/mol. The average Bonchev–Trinajstić information content (AvgIpc) is 4.10. The van der Waals surface area contributed by atoms with Gasteiger partial charge in [0.2, 0.25) is 11.8 Å². The minimum atomic E-state index is -1.02. The van der Waals surface area contributed by atoms with E-state index in [0.29, 0.717) is 43.0 Å². The fraction of sp³-hybridized carbons (Fsp3) is 0.553. The lowest BCUT2D eigenvalue weighted by atomic mass is 9.83. The zero-order valence-electron chi connectivity index (χ0n) is 37.7. The molecule has 5 aromatic rings. The van der Waals surface area contributed by atoms with Gasteiger partial charge in [0.15, 0.2) is 17.4 Å². The summed E-state index contributed by atoms with van der Waals surface area (Å²) in [4.78, 5) is 51.0. The maximum absolute atomic E-state index is 14.5. The number of thiophene rings is 1. The number of fused-ring (bicyclic) bond motifs is 2. The second kappa shape index (κ2) is 22.5. The van der Waals surface area contributed by atoms with E-state index < -0.39 is 23.7 Å². The number of carbonyl (C=O) groups is 3. The first-order valence-corrected chi connectivity index (χ1v) is 24.0. The van der Waals surface area contributed by atoms with Crippen molar-refractivity contribution in [1.82, 2.24) is 40.0 Å². The number of likely N-dealkylation sites (tertiary alicyclic amines) is 1. The van der Waals surface area contributed by atoms with Crippen LogP contribution in [-0.2, 0) is 32.2 Å². The van der Waals surface area contributed by atoms with Gasteiger partial charge in [0.25, 0.3) is 11.8 Å². The topological polar surface area (TPSA) is 166 Å². The molecule has 3 amide bonds. The van der Waals surface area contributed by atoms with E-state index in [-0.39, 0.29) is 81.5 Å². The number of piperidine rings is 1. The van der Waals surface area contributed by atoms with E-state index in [2.05, 4.69) is 25.7 Å². The molecule has 2 N–H and O–H groups in total. The number of likely N-dealkylation sites (N-methyl/N-ethyl adjacent to an activating group) is 1. The van der Waals surface area contributed by atoms with Crippen molar-refractivity contribution in [3.05, 3.63) is 71.1 Å². The van der Waals surface area contributed by atoms with Gasteiger partial charge in [-0.15, -0.1) is 11.3 Å². The van der Waals surface area contributed by atoms with Crippen molar-refractivity contribution >= 4 is 50.2 Å². The fourth-order valence-corrected chi connectivity index (χ4v) is 9.87. The highest BCUT2D eigenvalue weighted by atomic mass is 32.1. The van der Waals surface area contributed by atoms with Gasteiger partial charge in [-0.3, -0.25) is 24.3 Å². The van der Waals surface area contributed by atoms with Gasteiger partial charge >= 0.3 is 0 Å². The highest BCUT2D eigenvalue weighted by Gasteiger charge is 2.37. The quantitative estimate of drug-likeness (QED) is 0.0927. The third-order valence-corrected chi connectivity index (χ3v) is 13.8. The van der Waals surface area contributed by atoms with Gasteiger partial charge in [-0.25, -0.2) is 8.78 Å². The Morgan fingerprint density at radius 3 is 2.38 bits per heavy atom. The Morgan fingerprint density at radius 2 is 1.61 bits per heavy atom. The number of nitrogens with one attached hydrogen (secondary N) is 2. The number of piperazine rings is 1. The van der Waals surface area contributed by atoms with Crippen LogP contribution in [0, 0.1) is 17.6 Å². The van der Waals surface area contributed by atoms with E-state index >= 15 is 0 Å². The number of pyridine rings is 1. The molecule has 2 saturated heterocycles. The minimum absolute atomic E-state index is 0.0574. The van der Waals surface area contributed by atoms with Crippen LogP contribution in [0.3, 0.4) is 0 Å². The maximum Gasteiger partial charge on any atom is 0.270 e. The molecule has 0 bridgehead atoms. The van der Waals surface area contributed by atoms with Crippen molar-refractivity contribution < 1.29 is 46.6 Å². The number of amides is 3. The van der Waals surface area contributed by atoms with Gasteiger partial charge in [-0.05, 0) is 80.4 Å². The number of hydrogen-bond acceptors (Lipinski definition) is 13. The molecular formula is C47H60F2N8O8S. The highest BCUT2D eigenvalue weighted by molar-refractivity contribution is 7.17. The van der Waals surface area contributed by atoms with Crippen LogP contribution in [-0.4, -0.2) is 145 Å². The zero-order chi connectivity index (χ0) is 46.0. The SMILES string of the molecule is CN[C@@H](C)C(=O)NC(C(=O)N1CCN(C(=O)c2cc3cc(F)c(F)cc3n2CCOCCOCCOc2cc(CN3CCC(Oc4ccnc5ccsc45)CC3)on2)CC1)C1CCCCC1. The zero-order valence-corrected chi connectivity index (χ0v) is 38.5. The van der Waals surface area contributed by atoms with Gasteiger partial charge in [0.05, 0.1) is 54.7 Å². The van der Waals surface area contributed by atoms with Crippen LogP contribution in [0.25, 0.3) is 21.1 Å². The number of rotatable bonds is 20. The van der Waals surface area contributed by atoms with Crippen molar-refractivity contribution in [2.24, 2.45) is 5.92 Å². The molecular weight excluding hydrogens is 875 g/mol. The van der Waals surface area contributed by atoms with E-state index in [1.54, 1.807) is 58.0 Å². The summed E-state index contributed by atoms with van der Waals surface area (Å²) < 4.78 is 60.8. The molecule has 2 aliphatic heterocycles. The molecule has 4 aromatic heterocycles. The molecule has 356 valence electrons. The van der Waals surface area contributed by atoms with Crippen LogP contribution < -0.4 is 20.1 Å². The normalized spacial score (nSPS) is 17.6. The Morgan fingerprint density at radius 1 is 0.879 bits per heavy atom. The van der Waals surface area contributed by atoms with E-state index in [1.165, 1.54) is 0 Å². The van der Waals surface area contributed by atoms with Crippen LogP contribution in [0.15, 0.2) is 52.5 Å². The van der Waals surface area contributed by atoms with Crippen LogP contribution in [0.5, 0.6) is 11.6 Å². The van der Waals surface area contributed by atoms with E-state index in [4.69, 9.17) is 23.5 Å². The standard InChI is InChI=1S/C47H60F2N8O8S/c1-31(50-2)45(58)52-43(32-6-4-3-5-7-32)47(60)56-17-15-55(16-18-56)46(59)40-27-33-26-36(48)37(49)29-39(33)57(40)19-20-61-21-22-62-23-24-63-42-28-35(65-53-42)30-54-13-9-34(10-14-54)64-41-8-12-51-38-11-25-66-44(38)41/h8,11-12,25-29,31-32,34,43,50H,3-7,9-10,13-24,30H2,1-2H3,(H,52,58)/t31-,43?/m0/s1. The minimum Gasteiger partial charge on any atom is -0.489 e. The highest BCUT2D eigenvalue weighted by Crippen LogP contribution is 2.32. The molecule has 16 nitrogen and oxygen atoms in total. The number of carbonyl (C=O) groups excluding carboxylic acids is 3. The Balaban J connectivity index is 0.752. The summed E-state index contributed by atoms with van der Waals surface area (Å²) in [5.74, 6) is -0.616. The summed E-state index contributed by atoms with van der Waals surface area (Å²) in [6.45, 7) is 6.76. The molecule has 1 aromatic carbocycles. The molecule has 0 spiro atoms. The van der Waals surface area contributed by atoms with Crippen molar-refractivity contribution in [3.8, 4) is 11.6 Å². The van der Waals surface area contributed by atoms with E-state index in [0.717, 1.165) is 91.9 Å². The lowest BCUT2D eigenvalue weighted by Gasteiger charge is -2.39. The molecule has 3 aliphatic rings. The third kappa shape index (κ3) is 11.7. The number of hydrogen-bond donors (Lipinski definition) is 2. The van der Waals surface area contributed by atoms with E-state index in [9.17, 15) is 23.2 Å². The van der Waals surface area contributed by atoms with Crippen molar-refractivity contribution in [2.45, 2.75) is 83.1 Å². The van der Waals surface area contributed by atoms with E-state index in [1.807, 2.05) is 17.5 Å². The smallest absolute Gasteiger partial charge is 0.270 e. The molecule has 19 heteroatoms. The molecule has 2 atom stereocenters. The predicted octanol–water partition coefficient (Wildman–Crippen LogP) is 5.63. The van der Waals surface area contributed by atoms with Crippen molar-refractivity contribution in [1.29, 1.82) is 0 Å². The number of benzene rings is 1. The molecule has 3 fully saturated rings. The van der Waals surface area contributed by atoms with Crippen LogP contribution >= 0.6 is 11.3 Å². The first kappa shape index (κ1) is 47.3. The second-order valence-electron chi connectivity index (χ2n) is 17.3. The van der Waals surface area contributed by atoms with Crippen LogP contribution in [0.1, 0.15) is 68.1 Å². The van der Waals surface area contributed by atoms with Gasteiger partial charge < -0.3 is 48.5 Å². The van der Waals surface area contributed by atoms with Gasteiger partial charge in [0.1, 0.15) is 30.2 Å². The Bertz CT molecular complexity index is 2410. The van der Waals surface area contributed by atoms with Gasteiger partial charge in [0, 0.05) is 69.5 Å². The van der Waals surface area contributed by atoms with Crippen LogP contribution in [0.4, 0.5) is 8.78 Å². The van der Waals surface area contributed by atoms with Crippen LogP contribution in [0.2, 0.25) is 0 Å². The summed E-state index contributed by atoms with van der Waals surface area (Å²) in [6.07, 6.45) is 8.65. The lowest BCUT2D eigenvalue weighted by Crippen LogP contribution is -2.59. The molecule has 1 aliphatic carbocycles. The number of halogens is 2. The first-order chi connectivity index (χ1) is 32.1. The molecule has 1 saturated carbocycles. The first-order valence-electron chi connectivity index (χ1n) is 23.1. The number of nitrogens with zero attached hydrogens (tertiary/aromatic N) is 6. The summed E-state index contributed by atoms with van der Waals surface area (Å²) in [6, 6.07) is 8.43. The second-order valence-corrected chi connectivity index (χ2v) is 18.2. The molecule has 6 heterocycles. The summed E-state index contributed by atoms with van der Waals surface area (Å²) in [7, 11) is 1.71. The maximum atomic E-state index is 14.5. The molecule has 8 rings (SSSR count). The Labute approximate surface area is 386 Å². The number of ether oxygens (including phenoxy) is 4. The fourth-order valence-electron chi connectivity index (χ4n) is 9.07. The third-order valence-electron chi connectivity index (χ3n) is 12.9. The number of aromatic nitrogens is 3. The lowest BCUT2D eigenvalue weighted by molar-refractivity contribution is -0.140. The van der Waals surface area contributed by atoms with Gasteiger partial charge in [-0.1, -0.05) is 19.3 Å². The average molecular weight is 935 g/mol. The molecule has 0 radical (unpaired) electrons. The predicted molar refractivity (Wildman–Crippen MR) is 244 cm³/mol. The molecule has 1 unspecified atom stereocenters. The largest absolute Gasteiger partial charge is 0.489 e. The molecule has 66 heavy (non-hydrogen) atoms. The summed E-state index contributed by atoms with van der Waals surface area (Å²) in [5.41, 5.74) is 1.60. The van der Waals surface area contributed by atoms with Gasteiger partial charge in [-0.2, -0.15) is 0 Å². The van der Waals surface area contributed by atoms with Crippen molar-refractivity contribution in [2.75, 3.05) is 79.4 Å². The summed E-state index contributed by atoms with van der Waals surface area (Å²) in [5, 5.41) is 12.4. The Kier molecular flexibility index (Phi) is 16.1. The van der Waals surface area contributed by atoms with Crippen molar-refractivity contribution in [3.63, 3.8) is 0 Å².